The number of nitrogens with one attached hydrogen (secondary N) is 1. The molecule has 0 spiro atoms. The molecule has 0 bridgehead atoms. The molecule has 0 saturated carbocycles. The SMILES string of the molecule is O=C(O)C1CCCC(P(=O)(O)O)N1. The molecule has 0 aromatic heterocycles. The van der Waals surface area contributed by atoms with Crippen LogP contribution in [0, 0.1) is 0 Å². The molecule has 1 fully saturated rings. The Balaban J connectivity index is 2.62. The summed E-state index contributed by atoms with van der Waals surface area (Å²) in [5.74, 6) is -2.06. The molecule has 0 radical (unpaired) electrons. The highest BCUT2D eigenvalue weighted by molar-refractivity contribution is 7.52. The Morgan fingerprint density at radius 3 is 2.46 bits per heavy atom. The van der Waals surface area contributed by atoms with E-state index in [1.54, 1.807) is 0 Å². The molecule has 7 heteroatoms. The fourth-order valence-electron chi connectivity index (χ4n) is 1.37. The fourth-order valence-corrected chi connectivity index (χ4v) is 2.27. The van der Waals surface area contributed by atoms with Crippen LogP contribution in [0.4, 0.5) is 0 Å². The molecule has 1 aliphatic heterocycles. The highest BCUT2D eigenvalue weighted by atomic mass is 31.2. The monoisotopic (exact) mass is 209 g/mol. The van der Waals surface area contributed by atoms with Crippen molar-refractivity contribution in [3.63, 3.8) is 0 Å². The van der Waals surface area contributed by atoms with Crippen LogP contribution in [-0.2, 0) is 9.36 Å². The first kappa shape index (κ1) is 10.7. The third-order valence-corrected chi connectivity index (χ3v) is 3.29. The van der Waals surface area contributed by atoms with Gasteiger partial charge in [0, 0.05) is 0 Å². The van der Waals surface area contributed by atoms with Gasteiger partial charge in [0.25, 0.3) is 0 Å². The van der Waals surface area contributed by atoms with Crippen LogP contribution in [0.2, 0.25) is 0 Å². The lowest BCUT2D eigenvalue weighted by molar-refractivity contribution is -0.140. The topological polar surface area (TPSA) is 107 Å². The van der Waals surface area contributed by atoms with E-state index in [0.717, 1.165) is 0 Å². The number of hydrogen-bond donors (Lipinski definition) is 4. The van der Waals surface area contributed by atoms with Crippen LogP contribution in [0.15, 0.2) is 0 Å². The summed E-state index contributed by atoms with van der Waals surface area (Å²) in [7, 11) is -4.19. The van der Waals surface area contributed by atoms with Gasteiger partial charge < -0.3 is 14.9 Å². The number of carboxylic acids is 1. The lowest BCUT2D eigenvalue weighted by atomic mass is 10.1. The van der Waals surface area contributed by atoms with Crippen molar-refractivity contribution in [1.82, 2.24) is 5.32 Å². The first-order valence-electron chi connectivity index (χ1n) is 3.95. The number of piperidine rings is 1. The Morgan fingerprint density at radius 2 is 2.00 bits per heavy atom. The summed E-state index contributed by atoms with van der Waals surface area (Å²) in [5.41, 5.74) is 0. The minimum Gasteiger partial charge on any atom is -0.480 e. The van der Waals surface area contributed by atoms with E-state index in [9.17, 15) is 9.36 Å². The van der Waals surface area contributed by atoms with Gasteiger partial charge in [0.15, 0.2) is 0 Å². The van der Waals surface area contributed by atoms with E-state index in [0.29, 0.717) is 19.3 Å². The Kier molecular flexibility index (Phi) is 3.08. The summed E-state index contributed by atoms with van der Waals surface area (Å²) in [4.78, 5) is 28.1. The number of hydrogen-bond acceptors (Lipinski definition) is 3. The smallest absolute Gasteiger partial charge is 0.342 e. The summed E-state index contributed by atoms with van der Waals surface area (Å²) >= 11 is 0. The van der Waals surface area contributed by atoms with Gasteiger partial charge >= 0.3 is 13.6 Å². The maximum atomic E-state index is 10.8. The van der Waals surface area contributed by atoms with E-state index >= 15 is 0 Å². The summed E-state index contributed by atoms with van der Waals surface area (Å²) < 4.78 is 10.8. The second kappa shape index (κ2) is 3.75. The Morgan fingerprint density at radius 1 is 1.38 bits per heavy atom. The zero-order chi connectivity index (χ0) is 10.1. The van der Waals surface area contributed by atoms with Gasteiger partial charge in [-0.25, -0.2) is 0 Å². The maximum Gasteiger partial charge on any atom is 0.342 e. The molecule has 1 aliphatic rings. The van der Waals surface area contributed by atoms with E-state index in [4.69, 9.17) is 14.9 Å². The van der Waals surface area contributed by atoms with Gasteiger partial charge in [-0.3, -0.25) is 14.7 Å². The minimum absolute atomic E-state index is 0.327. The van der Waals surface area contributed by atoms with Crippen molar-refractivity contribution in [2.24, 2.45) is 0 Å². The molecular weight excluding hydrogens is 197 g/mol. The van der Waals surface area contributed by atoms with Crippen molar-refractivity contribution < 1.29 is 24.3 Å². The Hall–Kier alpha value is -0.420. The fraction of sp³-hybridized carbons (Fsp3) is 0.833. The molecule has 0 aromatic carbocycles. The van der Waals surface area contributed by atoms with Crippen molar-refractivity contribution in [2.45, 2.75) is 31.1 Å². The van der Waals surface area contributed by atoms with E-state index < -0.39 is 25.4 Å². The molecule has 2 atom stereocenters. The molecular formula is C6H12NO5P. The number of aliphatic carboxylic acids is 1. The van der Waals surface area contributed by atoms with E-state index in [1.165, 1.54) is 0 Å². The standard InChI is InChI=1S/C6H12NO5P/c8-6(9)4-2-1-3-5(7-4)13(10,11)12/h4-5,7H,1-3H2,(H,8,9)(H2,10,11,12). The minimum atomic E-state index is -4.19. The summed E-state index contributed by atoms with van der Waals surface area (Å²) in [6.07, 6.45) is 1.28. The molecule has 4 N–H and O–H groups in total. The molecule has 1 saturated heterocycles. The molecule has 0 aromatic rings. The van der Waals surface area contributed by atoms with Crippen LogP contribution < -0.4 is 5.32 Å². The highest BCUT2D eigenvalue weighted by Crippen LogP contribution is 2.43. The van der Waals surface area contributed by atoms with Gasteiger partial charge in [0.05, 0.1) is 0 Å². The van der Waals surface area contributed by atoms with Gasteiger partial charge in [-0.15, -0.1) is 0 Å². The third kappa shape index (κ3) is 2.77. The normalized spacial score (nSPS) is 30.0. The average Bonchev–Trinajstić information content (AvgIpc) is 2.03. The zero-order valence-corrected chi connectivity index (χ0v) is 7.78. The number of rotatable bonds is 2. The number of carbonyl (C=O) groups is 1. The molecule has 1 heterocycles. The van der Waals surface area contributed by atoms with E-state index in [-0.39, 0.29) is 0 Å². The van der Waals surface area contributed by atoms with Crippen LogP contribution in [0.3, 0.4) is 0 Å². The summed E-state index contributed by atoms with van der Waals surface area (Å²) in [6, 6.07) is -0.827. The highest BCUT2D eigenvalue weighted by Gasteiger charge is 2.35. The molecule has 76 valence electrons. The molecule has 6 nitrogen and oxygen atoms in total. The first-order chi connectivity index (χ1) is 5.91. The first-order valence-corrected chi connectivity index (χ1v) is 5.63. The van der Waals surface area contributed by atoms with Crippen molar-refractivity contribution in [3.8, 4) is 0 Å². The largest absolute Gasteiger partial charge is 0.480 e. The number of carboxylic acid groups (broad SMARTS) is 1. The predicted octanol–water partition coefficient (Wildman–Crippen LogP) is -0.283. The second-order valence-corrected chi connectivity index (χ2v) is 4.89. The van der Waals surface area contributed by atoms with Gasteiger partial charge in [0.2, 0.25) is 0 Å². The summed E-state index contributed by atoms with van der Waals surface area (Å²) in [6.45, 7) is 0. The third-order valence-electron chi connectivity index (χ3n) is 2.07. The zero-order valence-electron chi connectivity index (χ0n) is 6.88. The van der Waals surface area contributed by atoms with Crippen molar-refractivity contribution in [1.29, 1.82) is 0 Å². The Bertz CT molecular complexity index is 249. The van der Waals surface area contributed by atoms with E-state index in [2.05, 4.69) is 5.32 Å². The molecule has 2 unspecified atom stereocenters. The molecule has 0 amide bonds. The van der Waals surface area contributed by atoms with E-state index in [1.807, 2.05) is 0 Å². The Labute approximate surface area is 75.1 Å². The maximum absolute atomic E-state index is 10.8. The van der Waals surface area contributed by atoms with Crippen LogP contribution in [0.25, 0.3) is 0 Å². The van der Waals surface area contributed by atoms with Crippen LogP contribution in [0.5, 0.6) is 0 Å². The van der Waals surface area contributed by atoms with Gasteiger partial charge in [-0.05, 0) is 19.3 Å². The second-order valence-electron chi connectivity index (χ2n) is 3.09. The van der Waals surface area contributed by atoms with Crippen molar-refractivity contribution in [2.75, 3.05) is 0 Å². The quantitative estimate of drug-likeness (QED) is 0.466. The van der Waals surface area contributed by atoms with Crippen molar-refractivity contribution in [3.05, 3.63) is 0 Å². The van der Waals surface area contributed by atoms with Crippen LogP contribution in [-0.4, -0.2) is 32.7 Å². The van der Waals surface area contributed by atoms with Crippen LogP contribution >= 0.6 is 7.60 Å². The molecule has 0 aliphatic carbocycles. The van der Waals surface area contributed by atoms with Crippen molar-refractivity contribution >= 4 is 13.6 Å². The summed E-state index contributed by atoms with van der Waals surface area (Å²) in [5, 5.41) is 11.0. The predicted molar refractivity (Wildman–Crippen MR) is 44.2 cm³/mol. The molecule has 1 rings (SSSR count). The lowest BCUT2D eigenvalue weighted by Gasteiger charge is -2.28. The van der Waals surface area contributed by atoms with Gasteiger partial charge in [-0.2, -0.15) is 0 Å². The van der Waals surface area contributed by atoms with Crippen LogP contribution in [0.1, 0.15) is 19.3 Å². The van der Waals surface area contributed by atoms with Gasteiger partial charge in [-0.1, -0.05) is 0 Å². The van der Waals surface area contributed by atoms with Gasteiger partial charge in [0.1, 0.15) is 11.8 Å². The lowest BCUT2D eigenvalue weighted by Crippen LogP contribution is -2.46. The molecule has 13 heavy (non-hydrogen) atoms. The average molecular weight is 209 g/mol.